The minimum absolute atomic E-state index is 0.249. The van der Waals surface area contributed by atoms with E-state index in [9.17, 15) is 22.4 Å². The number of hydrogen-bond donors (Lipinski definition) is 0. The highest BCUT2D eigenvalue weighted by atomic mass is 35.5. The van der Waals surface area contributed by atoms with Crippen molar-refractivity contribution < 1.29 is 22.4 Å². The summed E-state index contributed by atoms with van der Waals surface area (Å²) < 4.78 is 53.1. The summed E-state index contributed by atoms with van der Waals surface area (Å²) in [5.74, 6) is -1.11. The molecule has 2 aromatic rings. The van der Waals surface area contributed by atoms with Crippen LogP contribution in [-0.2, 0) is 6.18 Å². The largest absolute Gasteiger partial charge is 0.417 e. The number of nitrogens with zero attached hydrogens (tertiary/aromatic N) is 4. The number of amides is 1. The summed E-state index contributed by atoms with van der Waals surface area (Å²) >= 11 is 6.00. The van der Waals surface area contributed by atoms with E-state index < -0.39 is 29.0 Å². The maximum absolute atomic E-state index is 13.3. The zero-order valence-electron chi connectivity index (χ0n) is 16.7. The van der Waals surface area contributed by atoms with E-state index in [1.165, 1.54) is 11.9 Å². The summed E-state index contributed by atoms with van der Waals surface area (Å²) in [5.41, 5.74) is -0.0609. The monoisotopic (exact) mass is 444 g/mol. The summed E-state index contributed by atoms with van der Waals surface area (Å²) in [4.78, 5) is 16.1. The van der Waals surface area contributed by atoms with Gasteiger partial charge >= 0.3 is 6.18 Å². The predicted octanol–water partition coefficient (Wildman–Crippen LogP) is 4.65. The molecule has 1 aromatic heterocycles. The molecule has 162 valence electrons. The highest BCUT2D eigenvalue weighted by Crippen LogP contribution is 2.34. The van der Waals surface area contributed by atoms with Crippen molar-refractivity contribution in [3.8, 4) is 0 Å². The first-order valence-electron chi connectivity index (χ1n) is 9.39. The van der Waals surface area contributed by atoms with Crippen LogP contribution in [0.3, 0.4) is 0 Å². The fraction of sp³-hybridized carbons (Fsp3) is 0.450. The van der Waals surface area contributed by atoms with E-state index in [-0.39, 0.29) is 6.04 Å². The van der Waals surface area contributed by atoms with E-state index in [1.807, 2.05) is 18.7 Å². The highest BCUT2D eigenvalue weighted by Gasteiger charge is 2.37. The van der Waals surface area contributed by atoms with E-state index in [0.29, 0.717) is 43.0 Å². The molecule has 0 saturated carbocycles. The Morgan fingerprint density at radius 1 is 1.17 bits per heavy atom. The number of carbonyl (C=O) groups excluding carboxylic acids is 1. The Balaban J connectivity index is 1.74. The summed E-state index contributed by atoms with van der Waals surface area (Å²) in [6, 6.07) is 1.86. The van der Waals surface area contributed by atoms with Crippen LogP contribution in [0.15, 0.2) is 18.2 Å². The molecule has 0 atom stereocenters. The Morgan fingerprint density at radius 2 is 1.80 bits per heavy atom. The third kappa shape index (κ3) is 4.35. The second-order valence-corrected chi connectivity index (χ2v) is 7.74. The third-order valence-electron chi connectivity index (χ3n) is 5.59. The fourth-order valence-electron chi connectivity index (χ4n) is 3.62. The maximum atomic E-state index is 13.3. The van der Waals surface area contributed by atoms with Crippen molar-refractivity contribution >= 4 is 23.3 Å². The lowest BCUT2D eigenvalue weighted by Gasteiger charge is -2.38. The quantitative estimate of drug-likeness (QED) is 0.647. The molecule has 3 rings (SSSR count). The smallest absolute Gasteiger partial charge is 0.355 e. The molecule has 5 nitrogen and oxygen atoms in total. The van der Waals surface area contributed by atoms with Gasteiger partial charge in [-0.05, 0) is 56.0 Å². The average Bonchev–Trinajstić information content (AvgIpc) is 2.70. The third-order valence-corrected chi connectivity index (χ3v) is 5.95. The Kier molecular flexibility index (Phi) is 6.21. The number of aromatic nitrogens is 2. The van der Waals surface area contributed by atoms with Gasteiger partial charge in [-0.15, -0.1) is 10.2 Å². The zero-order chi connectivity index (χ0) is 22.2. The molecule has 0 N–H and O–H groups in total. The SMILES string of the molecule is Cc1c(Cl)nnc(N2CCC(N(C)C(=O)c3ccc(F)cc3C(F)(F)F)CC2)c1C. The van der Waals surface area contributed by atoms with E-state index >= 15 is 0 Å². The first kappa shape index (κ1) is 22.3. The van der Waals surface area contributed by atoms with E-state index in [2.05, 4.69) is 10.2 Å². The van der Waals surface area contributed by atoms with E-state index in [0.717, 1.165) is 23.3 Å². The van der Waals surface area contributed by atoms with Crippen LogP contribution < -0.4 is 4.90 Å². The van der Waals surface area contributed by atoms with Gasteiger partial charge < -0.3 is 9.80 Å². The number of halogens is 5. The summed E-state index contributed by atoms with van der Waals surface area (Å²) in [7, 11) is 1.48. The molecule has 0 spiro atoms. The van der Waals surface area contributed by atoms with Crippen LogP contribution >= 0.6 is 11.6 Å². The molecule has 1 aromatic carbocycles. The molecule has 0 radical (unpaired) electrons. The van der Waals surface area contributed by atoms with Crippen LogP contribution in [0.2, 0.25) is 5.15 Å². The lowest BCUT2D eigenvalue weighted by atomic mass is 10.00. The summed E-state index contributed by atoms with van der Waals surface area (Å²) in [6.07, 6.45) is -3.72. The Hall–Kier alpha value is -2.42. The number of hydrogen-bond acceptors (Lipinski definition) is 4. The van der Waals surface area contributed by atoms with Gasteiger partial charge in [0.15, 0.2) is 11.0 Å². The topological polar surface area (TPSA) is 49.3 Å². The Morgan fingerprint density at radius 3 is 2.40 bits per heavy atom. The lowest BCUT2D eigenvalue weighted by molar-refractivity contribution is -0.138. The van der Waals surface area contributed by atoms with Crippen LogP contribution in [0.1, 0.15) is 39.9 Å². The van der Waals surface area contributed by atoms with Gasteiger partial charge in [0.05, 0.1) is 11.1 Å². The van der Waals surface area contributed by atoms with Crippen molar-refractivity contribution in [1.29, 1.82) is 0 Å². The minimum atomic E-state index is -4.82. The summed E-state index contributed by atoms with van der Waals surface area (Å²) in [5, 5.41) is 8.46. The molecule has 1 aliphatic rings. The van der Waals surface area contributed by atoms with Gasteiger partial charge in [0, 0.05) is 26.2 Å². The van der Waals surface area contributed by atoms with Crippen molar-refractivity contribution in [2.24, 2.45) is 0 Å². The molecule has 2 heterocycles. The molecule has 0 aliphatic carbocycles. The molecule has 1 aliphatic heterocycles. The zero-order valence-corrected chi connectivity index (χ0v) is 17.5. The maximum Gasteiger partial charge on any atom is 0.417 e. The molecule has 30 heavy (non-hydrogen) atoms. The van der Waals surface area contributed by atoms with Gasteiger partial charge in [-0.2, -0.15) is 13.2 Å². The van der Waals surface area contributed by atoms with Crippen molar-refractivity contribution in [1.82, 2.24) is 15.1 Å². The van der Waals surface area contributed by atoms with Gasteiger partial charge in [0.2, 0.25) is 0 Å². The molecule has 10 heteroatoms. The van der Waals surface area contributed by atoms with Crippen LogP contribution in [0.25, 0.3) is 0 Å². The van der Waals surface area contributed by atoms with Gasteiger partial charge in [0.1, 0.15) is 5.82 Å². The molecule has 1 fully saturated rings. The molecular formula is C20H21ClF4N4O. The normalized spacial score (nSPS) is 15.4. The number of carbonyl (C=O) groups is 1. The van der Waals surface area contributed by atoms with Crippen molar-refractivity contribution in [2.45, 2.75) is 38.9 Å². The number of piperidine rings is 1. The van der Waals surface area contributed by atoms with E-state index in [4.69, 9.17) is 11.6 Å². The fourth-order valence-corrected chi connectivity index (χ4v) is 3.80. The van der Waals surface area contributed by atoms with E-state index in [1.54, 1.807) is 0 Å². The lowest BCUT2D eigenvalue weighted by Crippen LogP contribution is -2.46. The van der Waals surface area contributed by atoms with Gasteiger partial charge in [0.25, 0.3) is 5.91 Å². The summed E-state index contributed by atoms with van der Waals surface area (Å²) in [6.45, 7) is 4.89. The van der Waals surface area contributed by atoms with Crippen molar-refractivity contribution in [3.05, 3.63) is 51.4 Å². The van der Waals surface area contributed by atoms with Gasteiger partial charge in [-0.25, -0.2) is 4.39 Å². The average molecular weight is 445 g/mol. The van der Waals surface area contributed by atoms with Crippen LogP contribution in [0, 0.1) is 19.7 Å². The van der Waals surface area contributed by atoms with Crippen molar-refractivity contribution in [3.63, 3.8) is 0 Å². The number of anilines is 1. The Bertz CT molecular complexity index is 959. The molecule has 1 amide bonds. The number of alkyl halides is 3. The van der Waals surface area contributed by atoms with Crippen LogP contribution in [0.5, 0.6) is 0 Å². The second-order valence-electron chi connectivity index (χ2n) is 7.39. The molecule has 0 bridgehead atoms. The number of rotatable bonds is 3. The number of benzene rings is 1. The van der Waals surface area contributed by atoms with Crippen LogP contribution in [0.4, 0.5) is 23.4 Å². The molecule has 0 unspecified atom stereocenters. The first-order valence-corrected chi connectivity index (χ1v) is 9.76. The molecular weight excluding hydrogens is 424 g/mol. The highest BCUT2D eigenvalue weighted by molar-refractivity contribution is 6.30. The van der Waals surface area contributed by atoms with Gasteiger partial charge in [-0.3, -0.25) is 4.79 Å². The predicted molar refractivity (Wildman–Crippen MR) is 105 cm³/mol. The standard InChI is InChI=1S/C20H21ClF4N4O/c1-11-12(2)18(27-26-17(11)21)29-8-6-14(7-9-29)28(3)19(30)15-5-4-13(22)10-16(15)20(23,24)25/h4-5,10,14H,6-9H2,1-3H3. The minimum Gasteiger partial charge on any atom is -0.355 e. The second kappa shape index (κ2) is 8.37. The van der Waals surface area contributed by atoms with Crippen LogP contribution in [-0.4, -0.2) is 47.2 Å². The molecule has 1 saturated heterocycles. The first-order chi connectivity index (χ1) is 14.0. The Labute approximate surface area is 176 Å². The van der Waals surface area contributed by atoms with Gasteiger partial charge in [-0.1, -0.05) is 11.6 Å². The van der Waals surface area contributed by atoms with Crippen molar-refractivity contribution in [2.75, 3.05) is 25.0 Å².